The molecule has 0 saturated carbocycles. The summed E-state index contributed by atoms with van der Waals surface area (Å²) in [7, 11) is 1.62. The SMILES string of the molecule is COc1cc2c(cc1Nc1nnc(C(N)=O)c(Nc3cccc(CO)c3)n1)CN(C(C)C)CC2. The van der Waals surface area contributed by atoms with Gasteiger partial charge in [0.15, 0.2) is 11.5 Å². The Morgan fingerprint density at radius 1 is 1.21 bits per heavy atom. The third kappa shape index (κ3) is 5.08. The molecule has 5 N–H and O–H groups in total. The highest BCUT2D eigenvalue weighted by Gasteiger charge is 2.22. The number of aliphatic hydroxyl groups excluding tert-OH is 1. The first-order chi connectivity index (χ1) is 16.4. The molecule has 0 unspecified atom stereocenters. The number of aromatic nitrogens is 3. The van der Waals surface area contributed by atoms with Gasteiger partial charge in [-0.25, -0.2) is 0 Å². The van der Waals surface area contributed by atoms with Crippen LogP contribution in [0.15, 0.2) is 36.4 Å². The van der Waals surface area contributed by atoms with Gasteiger partial charge >= 0.3 is 0 Å². The number of benzene rings is 2. The summed E-state index contributed by atoms with van der Waals surface area (Å²) < 4.78 is 5.61. The van der Waals surface area contributed by atoms with Gasteiger partial charge in [0.1, 0.15) is 5.75 Å². The fourth-order valence-corrected chi connectivity index (χ4v) is 3.95. The monoisotopic (exact) mass is 463 g/mol. The van der Waals surface area contributed by atoms with E-state index >= 15 is 0 Å². The minimum Gasteiger partial charge on any atom is -0.495 e. The van der Waals surface area contributed by atoms with Crippen molar-refractivity contribution < 1.29 is 14.6 Å². The van der Waals surface area contributed by atoms with E-state index < -0.39 is 5.91 Å². The smallest absolute Gasteiger partial charge is 0.273 e. The number of carbonyl (C=O) groups excluding carboxylic acids is 1. The average molecular weight is 464 g/mol. The van der Waals surface area contributed by atoms with Crippen LogP contribution >= 0.6 is 0 Å². The number of amides is 1. The molecular weight excluding hydrogens is 434 g/mol. The van der Waals surface area contributed by atoms with E-state index in [2.05, 4.69) is 44.6 Å². The number of nitrogens with zero attached hydrogens (tertiary/aromatic N) is 4. The lowest BCUT2D eigenvalue weighted by atomic mass is 9.97. The van der Waals surface area contributed by atoms with E-state index in [1.807, 2.05) is 12.1 Å². The Balaban J connectivity index is 1.65. The van der Waals surface area contributed by atoms with E-state index in [9.17, 15) is 9.90 Å². The molecular formula is C24H29N7O3. The van der Waals surface area contributed by atoms with Gasteiger partial charge in [0, 0.05) is 24.8 Å². The van der Waals surface area contributed by atoms with Crippen LogP contribution in [-0.2, 0) is 19.6 Å². The molecule has 3 aromatic rings. The lowest BCUT2D eigenvalue weighted by Gasteiger charge is -2.32. The number of anilines is 4. The molecule has 4 rings (SSSR count). The van der Waals surface area contributed by atoms with Gasteiger partial charge in [0.2, 0.25) is 5.95 Å². The first kappa shape index (κ1) is 23.4. The van der Waals surface area contributed by atoms with Gasteiger partial charge in [-0.2, -0.15) is 4.98 Å². The first-order valence-corrected chi connectivity index (χ1v) is 11.1. The Morgan fingerprint density at radius 3 is 2.74 bits per heavy atom. The molecule has 34 heavy (non-hydrogen) atoms. The summed E-state index contributed by atoms with van der Waals surface area (Å²) in [5.41, 5.74) is 9.89. The number of primary amides is 1. The predicted octanol–water partition coefficient (Wildman–Crippen LogP) is 2.73. The highest BCUT2D eigenvalue weighted by Crippen LogP contribution is 2.33. The van der Waals surface area contributed by atoms with Crippen molar-refractivity contribution in [3.8, 4) is 5.75 Å². The van der Waals surface area contributed by atoms with Crippen molar-refractivity contribution in [2.24, 2.45) is 5.73 Å². The number of ether oxygens (including phenoxy) is 1. The summed E-state index contributed by atoms with van der Waals surface area (Å²) >= 11 is 0. The number of aliphatic hydroxyl groups is 1. The summed E-state index contributed by atoms with van der Waals surface area (Å²) in [5, 5.41) is 23.6. The molecule has 1 amide bonds. The second-order valence-electron chi connectivity index (χ2n) is 8.44. The second kappa shape index (κ2) is 10.0. The minimum absolute atomic E-state index is 0.0927. The highest BCUT2D eigenvalue weighted by molar-refractivity contribution is 5.96. The molecule has 1 aliphatic heterocycles. The molecule has 0 bridgehead atoms. The maximum Gasteiger partial charge on any atom is 0.273 e. The van der Waals surface area contributed by atoms with Crippen molar-refractivity contribution in [3.05, 3.63) is 58.8 Å². The normalized spacial score (nSPS) is 13.4. The molecule has 0 atom stereocenters. The molecule has 1 aromatic heterocycles. The van der Waals surface area contributed by atoms with Crippen LogP contribution in [0.5, 0.6) is 5.75 Å². The molecule has 178 valence electrons. The fourth-order valence-electron chi connectivity index (χ4n) is 3.95. The largest absolute Gasteiger partial charge is 0.495 e. The third-order valence-electron chi connectivity index (χ3n) is 5.83. The lowest BCUT2D eigenvalue weighted by Crippen LogP contribution is -2.35. The molecule has 0 saturated heterocycles. The number of hydrogen-bond acceptors (Lipinski definition) is 9. The van der Waals surface area contributed by atoms with Gasteiger partial charge in [-0.15, -0.1) is 10.2 Å². The maximum atomic E-state index is 11.9. The minimum atomic E-state index is -0.757. The van der Waals surface area contributed by atoms with Gasteiger partial charge in [-0.05, 0) is 61.2 Å². The summed E-state index contributed by atoms with van der Waals surface area (Å²) in [6.45, 7) is 6.13. The number of nitrogens with two attached hydrogens (primary N) is 1. The number of rotatable bonds is 8. The van der Waals surface area contributed by atoms with Crippen LogP contribution in [0.4, 0.5) is 23.1 Å². The molecule has 0 aliphatic carbocycles. The fraction of sp³-hybridized carbons (Fsp3) is 0.333. The zero-order chi connectivity index (χ0) is 24.2. The van der Waals surface area contributed by atoms with E-state index in [4.69, 9.17) is 10.5 Å². The average Bonchev–Trinajstić information content (AvgIpc) is 2.83. The number of carbonyl (C=O) groups is 1. The number of hydrogen-bond donors (Lipinski definition) is 4. The molecule has 0 fully saturated rings. The van der Waals surface area contributed by atoms with Crippen molar-refractivity contribution >= 4 is 29.0 Å². The van der Waals surface area contributed by atoms with Gasteiger partial charge in [-0.1, -0.05) is 12.1 Å². The molecule has 2 heterocycles. The summed E-state index contributed by atoms with van der Waals surface area (Å²) in [6, 6.07) is 11.6. The van der Waals surface area contributed by atoms with Crippen LogP contribution in [0, 0.1) is 0 Å². The Kier molecular flexibility index (Phi) is 6.90. The van der Waals surface area contributed by atoms with Crippen LogP contribution < -0.4 is 21.1 Å². The van der Waals surface area contributed by atoms with Crippen molar-refractivity contribution in [2.75, 3.05) is 24.3 Å². The van der Waals surface area contributed by atoms with Gasteiger partial charge in [0.25, 0.3) is 5.91 Å². The lowest BCUT2D eigenvalue weighted by molar-refractivity contribution is 0.0995. The van der Waals surface area contributed by atoms with Gasteiger partial charge in [0.05, 0.1) is 19.4 Å². The van der Waals surface area contributed by atoms with E-state index in [0.717, 1.165) is 19.5 Å². The molecule has 1 aliphatic rings. The number of nitrogens with one attached hydrogen (secondary N) is 2. The Hall–Kier alpha value is -3.76. The summed E-state index contributed by atoms with van der Waals surface area (Å²) in [6.07, 6.45) is 0.955. The Labute approximate surface area is 198 Å². The van der Waals surface area contributed by atoms with Gasteiger partial charge < -0.3 is 26.2 Å². The Bertz CT molecular complexity index is 1200. The van der Waals surface area contributed by atoms with E-state index in [-0.39, 0.29) is 24.1 Å². The number of methoxy groups -OCH3 is 1. The zero-order valence-electron chi connectivity index (χ0n) is 19.5. The maximum absolute atomic E-state index is 11.9. The molecule has 0 radical (unpaired) electrons. The molecule has 10 nitrogen and oxygen atoms in total. The highest BCUT2D eigenvalue weighted by atomic mass is 16.5. The van der Waals surface area contributed by atoms with Crippen LogP contribution in [0.2, 0.25) is 0 Å². The van der Waals surface area contributed by atoms with Crippen LogP contribution in [0.3, 0.4) is 0 Å². The van der Waals surface area contributed by atoms with Crippen LogP contribution in [0.1, 0.15) is 41.0 Å². The van der Waals surface area contributed by atoms with Crippen molar-refractivity contribution in [2.45, 2.75) is 39.5 Å². The topological polar surface area (TPSA) is 139 Å². The molecule has 2 aromatic carbocycles. The van der Waals surface area contributed by atoms with E-state index in [1.54, 1.807) is 31.4 Å². The zero-order valence-corrected chi connectivity index (χ0v) is 19.5. The van der Waals surface area contributed by atoms with E-state index in [1.165, 1.54) is 11.1 Å². The predicted molar refractivity (Wildman–Crippen MR) is 130 cm³/mol. The molecule has 10 heteroatoms. The summed E-state index contributed by atoms with van der Waals surface area (Å²) in [4.78, 5) is 18.8. The van der Waals surface area contributed by atoms with Crippen molar-refractivity contribution in [1.29, 1.82) is 0 Å². The standard InChI is InChI=1S/C24H29N7O3/c1-14(2)31-8-7-16-11-20(34-3)19(10-17(16)12-31)27-24-28-23(21(22(25)33)29-30-24)26-18-6-4-5-15(9-18)13-32/h4-6,9-11,14,32H,7-8,12-13H2,1-3H3,(H2,25,33)(H2,26,27,28,30). The van der Waals surface area contributed by atoms with Gasteiger partial charge in [-0.3, -0.25) is 9.69 Å². The molecule has 0 spiro atoms. The quantitative estimate of drug-likeness (QED) is 0.397. The first-order valence-electron chi connectivity index (χ1n) is 11.1. The van der Waals surface area contributed by atoms with Crippen LogP contribution in [-0.4, -0.2) is 50.8 Å². The third-order valence-corrected chi connectivity index (χ3v) is 5.83. The second-order valence-corrected chi connectivity index (χ2v) is 8.44. The van der Waals surface area contributed by atoms with Crippen molar-refractivity contribution in [1.82, 2.24) is 20.1 Å². The Morgan fingerprint density at radius 2 is 2.03 bits per heavy atom. The van der Waals surface area contributed by atoms with Crippen molar-refractivity contribution in [3.63, 3.8) is 0 Å². The van der Waals surface area contributed by atoms with Crippen LogP contribution in [0.25, 0.3) is 0 Å². The number of fused-ring (bicyclic) bond motifs is 1. The van der Waals surface area contributed by atoms with E-state index in [0.29, 0.717) is 28.7 Å². The summed E-state index contributed by atoms with van der Waals surface area (Å²) in [5.74, 6) is 0.251.